The van der Waals surface area contributed by atoms with Crippen LogP contribution in [0.5, 0.6) is 0 Å². The van der Waals surface area contributed by atoms with E-state index in [-0.39, 0.29) is 11.8 Å². The van der Waals surface area contributed by atoms with Gasteiger partial charge in [-0.05, 0) is 50.8 Å². The van der Waals surface area contributed by atoms with Gasteiger partial charge in [0.2, 0.25) is 0 Å². The van der Waals surface area contributed by atoms with E-state index >= 15 is 0 Å². The molecule has 1 heterocycles. The Balaban J connectivity index is 2.34. The number of amides is 1. The fourth-order valence-corrected chi connectivity index (χ4v) is 4.12. The molecule has 0 fully saturated rings. The van der Waals surface area contributed by atoms with Gasteiger partial charge in [0.05, 0.1) is 19.1 Å². The molecule has 0 spiro atoms. The molecule has 0 bridgehead atoms. The van der Waals surface area contributed by atoms with E-state index in [1.54, 1.807) is 13.0 Å². The zero-order chi connectivity index (χ0) is 13.7. The summed E-state index contributed by atoms with van der Waals surface area (Å²) in [6, 6.07) is 1.75. The highest BCUT2D eigenvalue weighted by molar-refractivity contribution is 9.12. The van der Waals surface area contributed by atoms with E-state index < -0.39 is 5.97 Å². The summed E-state index contributed by atoms with van der Waals surface area (Å²) in [5, 5.41) is 11.5. The minimum absolute atomic E-state index is 0.146. The standard InChI is InChI=1S/C11H13Br2NO3S/c1-6(11(16)17)3-2-4-14-10(15)7-5-8(12)18-9(7)13/h5-6H,2-4H2,1H3,(H,14,15)(H,16,17). The average molecular weight is 399 g/mol. The van der Waals surface area contributed by atoms with Gasteiger partial charge in [-0.2, -0.15) is 0 Å². The third kappa shape index (κ3) is 4.70. The zero-order valence-electron chi connectivity index (χ0n) is 9.70. The van der Waals surface area contributed by atoms with E-state index in [0.29, 0.717) is 24.9 Å². The van der Waals surface area contributed by atoms with Crippen LogP contribution < -0.4 is 5.32 Å². The highest BCUT2D eigenvalue weighted by atomic mass is 79.9. The monoisotopic (exact) mass is 397 g/mol. The number of carboxylic acid groups (broad SMARTS) is 1. The van der Waals surface area contributed by atoms with Gasteiger partial charge >= 0.3 is 5.97 Å². The SMILES string of the molecule is CC(CCCNC(=O)c1cc(Br)sc1Br)C(=O)O. The van der Waals surface area contributed by atoms with Gasteiger partial charge in [-0.25, -0.2) is 0 Å². The van der Waals surface area contributed by atoms with Crippen LogP contribution in [0.2, 0.25) is 0 Å². The number of nitrogens with one attached hydrogen (secondary N) is 1. The summed E-state index contributed by atoms with van der Waals surface area (Å²) in [5.74, 6) is -1.32. The molecule has 1 rings (SSSR count). The molecule has 0 saturated heterocycles. The Hall–Kier alpha value is -0.400. The lowest BCUT2D eigenvalue weighted by atomic mass is 10.1. The first kappa shape index (κ1) is 15.7. The van der Waals surface area contributed by atoms with Crippen molar-refractivity contribution in [2.45, 2.75) is 19.8 Å². The Morgan fingerprint density at radius 1 is 1.50 bits per heavy atom. The van der Waals surface area contributed by atoms with Crippen LogP contribution in [0.15, 0.2) is 13.6 Å². The minimum Gasteiger partial charge on any atom is -0.481 e. The van der Waals surface area contributed by atoms with Crippen molar-refractivity contribution in [3.8, 4) is 0 Å². The zero-order valence-corrected chi connectivity index (χ0v) is 13.7. The van der Waals surface area contributed by atoms with Crippen molar-refractivity contribution in [2.75, 3.05) is 6.54 Å². The Morgan fingerprint density at radius 2 is 2.17 bits per heavy atom. The molecule has 1 amide bonds. The fourth-order valence-electron chi connectivity index (χ4n) is 1.32. The minimum atomic E-state index is -0.800. The fraction of sp³-hybridized carbons (Fsp3) is 0.455. The molecule has 1 atom stereocenters. The summed E-state index contributed by atoms with van der Waals surface area (Å²) in [6.45, 7) is 2.15. The maximum atomic E-state index is 11.8. The molecule has 100 valence electrons. The van der Waals surface area contributed by atoms with E-state index in [2.05, 4.69) is 37.2 Å². The van der Waals surface area contributed by atoms with Crippen LogP contribution in [0.25, 0.3) is 0 Å². The smallest absolute Gasteiger partial charge is 0.306 e. The number of thiophene rings is 1. The molecule has 0 aliphatic carbocycles. The van der Waals surface area contributed by atoms with E-state index in [9.17, 15) is 9.59 Å². The van der Waals surface area contributed by atoms with Crippen LogP contribution in [0.1, 0.15) is 30.1 Å². The first-order valence-electron chi connectivity index (χ1n) is 5.37. The molecule has 0 radical (unpaired) electrons. The van der Waals surface area contributed by atoms with Crippen molar-refractivity contribution < 1.29 is 14.7 Å². The molecule has 1 unspecified atom stereocenters. The molecule has 1 aromatic rings. The molecular formula is C11H13Br2NO3S. The summed E-state index contributed by atoms with van der Waals surface area (Å²) >= 11 is 8.07. The lowest BCUT2D eigenvalue weighted by Gasteiger charge is -2.07. The normalized spacial score (nSPS) is 12.2. The third-order valence-corrected chi connectivity index (χ3v) is 4.76. The van der Waals surface area contributed by atoms with Crippen molar-refractivity contribution in [1.82, 2.24) is 5.32 Å². The van der Waals surface area contributed by atoms with Crippen molar-refractivity contribution in [3.05, 3.63) is 19.2 Å². The largest absolute Gasteiger partial charge is 0.481 e. The third-order valence-electron chi connectivity index (χ3n) is 2.42. The van der Waals surface area contributed by atoms with Gasteiger partial charge in [-0.1, -0.05) is 6.92 Å². The molecule has 7 heteroatoms. The number of halogens is 2. The summed E-state index contributed by atoms with van der Waals surface area (Å²) in [4.78, 5) is 22.4. The summed E-state index contributed by atoms with van der Waals surface area (Å²) in [6.07, 6.45) is 1.21. The van der Waals surface area contributed by atoms with Gasteiger partial charge in [0.1, 0.15) is 0 Å². The second kappa shape index (κ2) is 7.25. The Labute approximate surface area is 126 Å². The van der Waals surface area contributed by atoms with Crippen LogP contribution in [0.3, 0.4) is 0 Å². The number of rotatable bonds is 6. The van der Waals surface area contributed by atoms with Gasteiger partial charge in [0, 0.05) is 6.54 Å². The summed E-state index contributed by atoms with van der Waals surface area (Å²) in [5.41, 5.74) is 0.596. The Morgan fingerprint density at radius 3 is 2.67 bits per heavy atom. The highest BCUT2D eigenvalue weighted by Crippen LogP contribution is 2.31. The van der Waals surface area contributed by atoms with Crippen molar-refractivity contribution in [1.29, 1.82) is 0 Å². The number of aliphatic carboxylic acids is 1. The van der Waals surface area contributed by atoms with E-state index in [4.69, 9.17) is 5.11 Å². The van der Waals surface area contributed by atoms with Crippen LogP contribution in [-0.2, 0) is 4.79 Å². The van der Waals surface area contributed by atoms with Gasteiger partial charge in [0.25, 0.3) is 5.91 Å². The molecule has 0 aromatic carbocycles. The Kier molecular flexibility index (Phi) is 6.31. The molecule has 4 nitrogen and oxygen atoms in total. The second-order valence-corrected chi connectivity index (χ2v) is 7.62. The van der Waals surface area contributed by atoms with Crippen molar-refractivity contribution in [3.63, 3.8) is 0 Å². The maximum absolute atomic E-state index is 11.8. The molecule has 0 saturated carbocycles. The number of carboxylic acids is 1. The van der Waals surface area contributed by atoms with Gasteiger partial charge in [-0.15, -0.1) is 11.3 Å². The average Bonchev–Trinajstić information content (AvgIpc) is 2.63. The predicted molar refractivity (Wildman–Crippen MR) is 78.1 cm³/mol. The lowest BCUT2D eigenvalue weighted by molar-refractivity contribution is -0.141. The van der Waals surface area contributed by atoms with Crippen LogP contribution in [-0.4, -0.2) is 23.5 Å². The lowest BCUT2D eigenvalue weighted by Crippen LogP contribution is -2.25. The molecule has 2 N–H and O–H groups in total. The Bertz CT molecular complexity index is 447. The topological polar surface area (TPSA) is 66.4 Å². The number of hydrogen-bond donors (Lipinski definition) is 2. The molecule has 0 aliphatic heterocycles. The van der Waals surface area contributed by atoms with Gasteiger partial charge in [-0.3, -0.25) is 9.59 Å². The van der Waals surface area contributed by atoms with E-state index in [1.165, 1.54) is 11.3 Å². The van der Waals surface area contributed by atoms with Crippen molar-refractivity contribution in [2.24, 2.45) is 5.92 Å². The molecule has 18 heavy (non-hydrogen) atoms. The molecular weight excluding hydrogens is 386 g/mol. The van der Waals surface area contributed by atoms with E-state index in [0.717, 1.165) is 7.57 Å². The van der Waals surface area contributed by atoms with Crippen LogP contribution >= 0.6 is 43.2 Å². The number of carbonyl (C=O) groups is 2. The van der Waals surface area contributed by atoms with Crippen LogP contribution in [0, 0.1) is 5.92 Å². The highest BCUT2D eigenvalue weighted by Gasteiger charge is 2.14. The van der Waals surface area contributed by atoms with Gasteiger partial charge < -0.3 is 10.4 Å². The summed E-state index contributed by atoms with van der Waals surface area (Å²) in [7, 11) is 0. The first-order valence-corrected chi connectivity index (χ1v) is 7.78. The summed E-state index contributed by atoms with van der Waals surface area (Å²) < 4.78 is 1.67. The second-order valence-electron chi connectivity index (χ2n) is 3.88. The maximum Gasteiger partial charge on any atom is 0.306 e. The van der Waals surface area contributed by atoms with Crippen LogP contribution in [0.4, 0.5) is 0 Å². The quantitative estimate of drug-likeness (QED) is 0.720. The molecule has 1 aromatic heterocycles. The van der Waals surface area contributed by atoms with Gasteiger partial charge in [0.15, 0.2) is 0 Å². The van der Waals surface area contributed by atoms with Crippen molar-refractivity contribution >= 4 is 55.1 Å². The molecule has 0 aliphatic rings. The van der Waals surface area contributed by atoms with E-state index in [1.807, 2.05) is 0 Å². The number of hydrogen-bond acceptors (Lipinski definition) is 3. The first-order chi connectivity index (χ1) is 8.41. The number of carbonyl (C=O) groups excluding carboxylic acids is 1. The predicted octanol–water partition coefficient (Wildman–Crippen LogP) is 3.50.